The van der Waals surface area contributed by atoms with Crippen LogP contribution in [0.15, 0.2) is 36.5 Å². The highest BCUT2D eigenvalue weighted by molar-refractivity contribution is 5.92. The molecule has 0 radical (unpaired) electrons. The van der Waals surface area contributed by atoms with E-state index >= 15 is 0 Å². The molecule has 0 aliphatic carbocycles. The molecule has 0 saturated carbocycles. The minimum Gasteiger partial charge on any atom is -0.392 e. The summed E-state index contributed by atoms with van der Waals surface area (Å²) in [6.07, 6.45) is 1.76. The van der Waals surface area contributed by atoms with Gasteiger partial charge in [0.2, 0.25) is 0 Å². The summed E-state index contributed by atoms with van der Waals surface area (Å²) in [4.78, 5) is 14.3. The van der Waals surface area contributed by atoms with Gasteiger partial charge in [-0.25, -0.2) is 4.68 Å². The number of benzene rings is 1. The van der Waals surface area contributed by atoms with Crippen molar-refractivity contribution in [2.24, 2.45) is 7.05 Å². The van der Waals surface area contributed by atoms with Crippen molar-refractivity contribution in [3.8, 4) is 0 Å². The monoisotopic (exact) mass is 315 g/mol. The summed E-state index contributed by atoms with van der Waals surface area (Å²) in [7, 11) is 1.68. The number of β-amino-alcohol motifs (C(OH)–C–C–N with tert-alkyl or cyclic N) is 1. The Morgan fingerprint density at radius 1 is 1.39 bits per heavy atom. The highest BCUT2D eigenvalue weighted by Crippen LogP contribution is 2.20. The molecule has 0 bridgehead atoms. The lowest BCUT2D eigenvalue weighted by Gasteiger charge is -2.24. The van der Waals surface area contributed by atoms with Crippen LogP contribution in [0.4, 0.5) is 0 Å². The lowest BCUT2D eigenvalue weighted by Crippen LogP contribution is -2.40. The number of carbonyl (C=O) groups is 1. The molecule has 23 heavy (non-hydrogen) atoms. The maximum atomic E-state index is 12.1. The second-order valence-corrected chi connectivity index (χ2v) is 5.91. The molecule has 1 fully saturated rings. The zero-order chi connectivity index (χ0) is 16.2. The molecule has 0 unspecified atom stereocenters. The number of aryl methyl sites for hydroxylation is 1. The number of nitrogens with zero attached hydrogens (tertiary/aromatic N) is 4. The zero-order valence-electron chi connectivity index (χ0n) is 13.1. The van der Waals surface area contributed by atoms with E-state index in [1.165, 1.54) is 16.4 Å². The van der Waals surface area contributed by atoms with Gasteiger partial charge in [-0.1, -0.05) is 35.5 Å². The molecule has 2 heterocycles. The van der Waals surface area contributed by atoms with Gasteiger partial charge < -0.3 is 10.4 Å². The SMILES string of the molecule is Cn1nncc1C(=O)NC[C@@H]1C[C@H](O)CN1Cc1ccccc1. The molecule has 122 valence electrons. The number of amides is 1. The van der Waals surface area contributed by atoms with Crippen LogP contribution in [0.5, 0.6) is 0 Å². The van der Waals surface area contributed by atoms with E-state index in [9.17, 15) is 9.90 Å². The molecule has 2 aromatic rings. The van der Waals surface area contributed by atoms with Crippen LogP contribution in [0, 0.1) is 0 Å². The van der Waals surface area contributed by atoms with Crippen LogP contribution in [0.3, 0.4) is 0 Å². The summed E-state index contributed by atoms with van der Waals surface area (Å²) in [5.74, 6) is -0.196. The zero-order valence-corrected chi connectivity index (χ0v) is 13.1. The van der Waals surface area contributed by atoms with Gasteiger partial charge in [0, 0.05) is 32.7 Å². The quantitative estimate of drug-likeness (QED) is 0.822. The van der Waals surface area contributed by atoms with E-state index in [4.69, 9.17) is 0 Å². The first-order valence-corrected chi connectivity index (χ1v) is 7.72. The number of aliphatic hydroxyl groups excluding tert-OH is 1. The first-order valence-electron chi connectivity index (χ1n) is 7.72. The number of carbonyl (C=O) groups excluding carboxylic acids is 1. The average Bonchev–Trinajstić information content (AvgIpc) is 3.12. The van der Waals surface area contributed by atoms with E-state index < -0.39 is 0 Å². The highest BCUT2D eigenvalue weighted by Gasteiger charge is 2.31. The molecule has 7 nitrogen and oxygen atoms in total. The summed E-state index contributed by atoms with van der Waals surface area (Å²) in [6, 6.07) is 10.3. The normalized spacial score (nSPS) is 21.5. The number of hydrogen-bond acceptors (Lipinski definition) is 5. The van der Waals surface area contributed by atoms with Crippen molar-refractivity contribution in [3.63, 3.8) is 0 Å². The van der Waals surface area contributed by atoms with E-state index in [2.05, 4.69) is 32.7 Å². The molecule has 3 rings (SSSR count). The van der Waals surface area contributed by atoms with E-state index in [0.29, 0.717) is 25.2 Å². The molecular weight excluding hydrogens is 294 g/mol. The molecule has 2 atom stereocenters. The van der Waals surface area contributed by atoms with Gasteiger partial charge in [-0.15, -0.1) is 5.10 Å². The average molecular weight is 315 g/mol. The fourth-order valence-corrected chi connectivity index (χ4v) is 2.98. The van der Waals surface area contributed by atoms with E-state index in [0.717, 1.165) is 6.54 Å². The van der Waals surface area contributed by atoms with Crippen molar-refractivity contribution < 1.29 is 9.90 Å². The van der Waals surface area contributed by atoms with E-state index in [1.807, 2.05) is 18.2 Å². The summed E-state index contributed by atoms with van der Waals surface area (Å²) < 4.78 is 1.45. The molecule has 1 aliphatic heterocycles. The summed E-state index contributed by atoms with van der Waals surface area (Å²) >= 11 is 0. The van der Waals surface area contributed by atoms with Crippen molar-refractivity contribution in [1.82, 2.24) is 25.2 Å². The molecule has 1 aromatic carbocycles. The van der Waals surface area contributed by atoms with Gasteiger partial charge in [-0.3, -0.25) is 9.69 Å². The highest BCUT2D eigenvalue weighted by atomic mass is 16.3. The van der Waals surface area contributed by atoms with Crippen molar-refractivity contribution >= 4 is 5.91 Å². The molecule has 7 heteroatoms. The second kappa shape index (κ2) is 6.89. The summed E-state index contributed by atoms with van der Waals surface area (Å²) in [6.45, 7) is 1.89. The van der Waals surface area contributed by atoms with E-state index in [1.54, 1.807) is 7.05 Å². The van der Waals surface area contributed by atoms with Crippen molar-refractivity contribution in [2.75, 3.05) is 13.1 Å². The van der Waals surface area contributed by atoms with Gasteiger partial charge in [0.25, 0.3) is 5.91 Å². The Labute approximate surface area is 134 Å². The topological polar surface area (TPSA) is 83.3 Å². The fourth-order valence-electron chi connectivity index (χ4n) is 2.98. The Balaban J connectivity index is 1.59. The predicted molar refractivity (Wildman–Crippen MR) is 84.6 cm³/mol. The third-order valence-electron chi connectivity index (χ3n) is 4.18. The Kier molecular flexibility index (Phi) is 4.68. The molecule has 1 aromatic heterocycles. The number of hydrogen-bond donors (Lipinski definition) is 2. The molecule has 1 aliphatic rings. The Morgan fingerprint density at radius 2 is 2.17 bits per heavy atom. The van der Waals surface area contributed by atoms with Gasteiger partial charge in [0.1, 0.15) is 5.69 Å². The smallest absolute Gasteiger partial charge is 0.271 e. The van der Waals surface area contributed by atoms with Crippen LogP contribution in [-0.2, 0) is 13.6 Å². The van der Waals surface area contributed by atoms with Crippen molar-refractivity contribution in [3.05, 3.63) is 47.8 Å². The van der Waals surface area contributed by atoms with Crippen LogP contribution in [0.1, 0.15) is 22.5 Å². The molecular formula is C16H21N5O2. The standard InChI is InChI=1S/C16H21N5O2/c1-20-15(9-18-19-20)16(23)17-8-13-7-14(22)11-21(13)10-12-5-3-2-4-6-12/h2-6,9,13-14,22H,7-8,10-11H2,1H3,(H,17,23)/t13-,14-/m0/s1. The predicted octanol–water partition coefficient (Wildman–Crippen LogP) is 0.180. The van der Waals surface area contributed by atoms with Crippen LogP contribution in [0.2, 0.25) is 0 Å². The number of nitrogens with one attached hydrogen (secondary N) is 1. The summed E-state index contributed by atoms with van der Waals surface area (Å²) in [5.41, 5.74) is 1.63. The van der Waals surface area contributed by atoms with Crippen LogP contribution >= 0.6 is 0 Å². The van der Waals surface area contributed by atoms with Gasteiger partial charge >= 0.3 is 0 Å². The minimum absolute atomic E-state index is 0.121. The van der Waals surface area contributed by atoms with Gasteiger partial charge in [0.15, 0.2) is 0 Å². The maximum absolute atomic E-state index is 12.1. The maximum Gasteiger partial charge on any atom is 0.271 e. The van der Waals surface area contributed by atoms with Crippen molar-refractivity contribution in [2.45, 2.75) is 25.1 Å². The Hall–Kier alpha value is -2.25. The van der Waals surface area contributed by atoms with E-state index in [-0.39, 0.29) is 18.1 Å². The summed E-state index contributed by atoms with van der Waals surface area (Å²) in [5, 5.41) is 20.3. The minimum atomic E-state index is -0.348. The van der Waals surface area contributed by atoms with Gasteiger partial charge in [0.05, 0.1) is 12.3 Å². The lowest BCUT2D eigenvalue weighted by atomic mass is 10.1. The first-order chi connectivity index (χ1) is 11.1. The van der Waals surface area contributed by atoms with Crippen LogP contribution in [0.25, 0.3) is 0 Å². The molecule has 1 saturated heterocycles. The number of rotatable bonds is 5. The third-order valence-corrected chi connectivity index (χ3v) is 4.18. The number of likely N-dealkylation sites (tertiary alicyclic amines) is 1. The van der Waals surface area contributed by atoms with Crippen molar-refractivity contribution in [1.29, 1.82) is 0 Å². The lowest BCUT2D eigenvalue weighted by molar-refractivity contribution is 0.0930. The largest absolute Gasteiger partial charge is 0.392 e. The first kappa shape index (κ1) is 15.6. The molecule has 1 amide bonds. The van der Waals surface area contributed by atoms with Gasteiger partial charge in [-0.2, -0.15) is 0 Å². The second-order valence-electron chi connectivity index (χ2n) is 5.91. The Morgan fingerprint density at radius 3 is 2.87 bits per heavy atom. The Bertz CT molecular complexity index is 658. The molecule has 0 spiro atoms. The van der Waals surface area contributed by atoms with Crippen LogP contribution in [-0.4, -0.2) is 56.1 Å². The third kappa shape index (κ3) is 3.75. The van der Waals surface area contributed by atoms with Crippen LogP contribution < -0.4 is 5.32 Å². The number of aromatic nitrogens is 3. The fraction of sp³-hybridized carbons (Fsp3) is 0.438. The number of aliphatic hydroxyl groups is 1. The van der Waals surface area contributed by atoms with Gasteiger partial charge in [-0.05, 0) is 12.0 Å². The molecule has 2 N–H and O–H groups in total.